The Balaban J connectivity index is 2.23. The van der Waals surface area contributed by atoms with Gasteiger partial charge in [0, 0.05) is 37.2 Å². The first kappa shape index (κ1) is 11.0. The quantitative estimate of drug-likeness (QED) is 0.727. The topological polar surface area (TPSA) is 27.1 Å². The van der Waals surface area contributed by atoms with Gasteiger partial charge < -0.3 is 4.74 Å². The van der Waals surface area contributed by atoms with Gasteiger partial charge in [-0.1, -0.05) is 0 Å². The molecule has 1 aliphatic heterocycles. The molecule has 3 nitrogen and oxygen atoms in total. The van der Waals surface area contributed by atoms with Gasteiger partial charge in [-0.25, -0.2) is 0 Å². The Morgan fingerprint density at radius 3 is 3.07 bits per heavy atom. The van der Waals surface area contributed by atoms with E-state index in [0.717, 1.165) is 25.1 Å². The van der Waals surface area contributed by atoms with Crippen molar-refractivity contribution < 1.29 is 4.74 Å². The molecule has 1 aromatic rings. The maximum absolute atomic E-state index is 5.98. The monoisotopic (exact) mass is 228 g/mol. The van der Waals surface area contributed by atoms with E-state index in [4.69, 9.17) is 16.3 Å². The standard InChI is InChI=1S/C11H17ClN2O/c1-8-10(7-14(2)13-8)11-9(6-12)4-3-5-15-11/h7,9,11H,3-6H2,1-2H3. The van der Waals surface area contributed by atoms with Gasteiger partial charge in [-0.15, -0.1) is 11.6 Å². The zero-order valence-corrected chi connectivity index (χ0v) is 10.00. The third kappa shape index (κ3) is 2.18. The lowest BCUT2D eigenvalue weighted by molar-refractivity contribution is -0.0212. The molecule has 2 atom stereocenters. The molecule has 0 radical (unpaired) electrons. The molecular formula is C11H17ClN2O. The highest BCUT2D eigenvalue weighted by atomic mass is 35.5. The molecule has 0 bridgehead atoms. The molecule has 0 aliphatic carbocycles. The minimum absolute atomic E-state index is 0.143. The normalized spacial score (nSPS) is 26.9. The number of nitrogens with zero attached hydrogens (tertiary/aromatic N) is 2. The number of ether oxygens (including phenoxy) is 1. The average Bonchev–Trinajstić information content (AvgIpc) is 2.57. The molecule has 0 amide bonds. The Morgan fingerprint density at radius 2 is 2.47 bits per heavy atom. The Hall–Kier alpha value is -0.540. The van der Waals surface area contributed by atoms with Gasteiger partial charge in [0.2, 0.25) is 0 Å². The van der Waals surface area contributed by atoms with Gasteiger partial charge in [-0.2, -0.15) is 5.10 Å². The lowest BCUT2D eigenvalue weighted by Crippen LogP contribution is -2.24. The molecule has 1 saturated heterocycles. The molecule has 0 spiro atoms. The van der Waals surface area contributed by atoms with Crippen molar-refractivity contribution in [2.75, 3.05) is 12.5 Å². The zero-order valence-electron chi connectivity index (χ0n) is 9.24. The van der Waals surface area contributed by atoms with Crippen LogP contribution >= 0.6 is 11.6 Å². The van der Waals surface area contributed by atoms with Crippen molar-refractivity contribution in [2.24, 2.45) is 13.0 Å². The predicted octanol–water partition coefficient (Wildman–Crippen LogP) is 2.44. The molecule has 84 valence electrons. The highest BCUT2D eigenvalue weighted by molar-refractivity contribution is 6.18. The number of hydrogen-bond donors (Lipinski definition) is 0. The summed E-state index contributed by atoms with van der Waals surface area (Å²) in [7, 11) is 1.94. The Kier molecular flexibility index (Phi) is 3.32. The minimum atomic E-state index is 0.143. The van der Waals surface area contributed by atoms with Crippen molar-refractivity contribution >= 4 is 11.6 Å². The van der Waals surface area contributed by atoms with E-state index in [1.807, 2.05) is 24.9 Å². The average molecular weight is 229 g/mol. The van der Waals surface area contributed by atoms with Gasteiger partial charge in [0.1, 0.15) is 0 Å². The lowest BCUT2D eigenvalue weighted by atomic mass is 9.91. The summed E-state index contributed by atoms with van der Waals surface area (Å²) in [6, 6.07) is 0. The van der Waals surface area contributed by atoms with Crippen molar-refractivity contribution in [3.05, 3.63) is 17.5 Å². The summed E-state index contributed by atoms with van der Waals surface area (Å²) in [6.07, 6.45) is 4.46. The third-order valence-corrected chi connectivity index (χ3v) is 3.40. The molecule has 0 N–H and O–H groups in total. The summed E-state index contributed by atoms with van der Waals surface area (Å²) >= 11 is 5.98. The molecule has 4 heteroatoms. The van der Waals surface area contributed by atoms with Crippen LogP contribution in [0.4, 0.5) is 0 Å². The van der Waals surface area contributed by atoms with Crippen LogP contribution in [0.15, 0.2) is 6.20 Å². The van der Waals surface area contributed by atoms with Crippen LogP contribution in [-0.4, -0.2) is 22.3 Å². The number of alkyl halides is 1. The van der Waals surface area contributed by atoms with Crippen LogP contribution in [0, 0.1) is 12.8 Å². The SMILES string of the molecule is Cc1nn(C)cc1C1OCCCC1CCl. The summed E-state index contributed by atoms with van der Waals surface area (Å²) in [5.41, 5.74) is 2.25. The van der Waals surface area contributed by atoms with Gasteiger partial charge in [0.15, 0.2) is 0 Å². The fraction of sp³-hybridized carbons (Fsp3) is 0.727. The summed E-state index contributed by atoms with van der Waals surface area (Å²) in [5, 5.41) is 4.35. The number of rotatable bonds is 2. The third-order valence-electron chi connectivity index (χ3n) is 3.00. The predicted molar refractivity (Wildman–Crippen MR) is 60.1 cm³/mol. The second kappa shape index (κ2) is 4.54. The first-order chi connectivity index (χ1) is 7.22. The Labute approximate surface area is 95.4 Å². The van der Waals surface area contributed by atoms with Crippen LogP contribution < -0.4 is 0 Å². The van der Waals surface area contributed by atoms with Crippen LogP contribution in [0.5, 0.6) is 0 Å². The van der Waals surface area contributed by atoms with Crippen molar-refractivity contribution in [3.8, 4) is 0 Å². The van der Waals surface area contributed by atoms with Crippen LogP contribution in [0.3, 0.4) is 0 Å². The highest BCUT2D eigenvalue weighted by Crippen LogP contribution is 2.35. The van der Waals surface area contributed by atoms with Crippen molar-refractivity contribution in [1.29, 1.82) is 0 Å². The number of hydrogen-bond acceptors (Lipinski definition) is 2. The van der Waals surface area contributed by atoms with Crippen LogP contribution in [0.25, 0.3) is 0 Å². The van der Waals surface area contributed by atoms with Crippen LogP contribution in [-0.2, 0) is 11.8 Å². The molecule has 1 aromatic heterocycles. The largest absolute Gasteiger partial charge is 0.373 e. The van der Waals surface area contributed by atoms with Gasteiger partial charge in [-0.3, -0.25) is 4.68 Å². The van der Waals surface area contributed by atoms with Crippen LogP contribution in [0.2, 0.25) is 0 Å². The lowest BCUT2D eigenvalue weighted by Gasteiger charge is -2.30. The fourth-order valence-electron chi connectivity index (χ4n) is 2.24. The molecule has 15 heavy (non-hydrogen) atoms. The van der Waals surface area contributed by atoms with Gasteiger partial charge in [0.05, 0.1) is 11.8 Å². The van der Waals surface area contributed by atoms with Gasteiger partial charge in [-0.05, 0) is 19.8 Å². The molecule has 0 saturated carbocycles. The summed E-state index contributed by atoms with van der Waals surface area (Å²) < 4.78 is 7.67. The van der Waals surface area contributed by atoms with E-state index in [2.05, 4.69) is 5.10 Å². The summed E-state index contributed by atoms with van der Waals surface area (Å²) in [5.74, 6) is 1.10. The molecule has 2 rings (SSSR count). The van der Waals surface area contributed by atoms with E-state index in [0.29, 0.717) is 11.8 Å². The molecule has 0 aromatic carbocycles. The van der Waals surface area contributed by atoms with E-state index in [1.54, 1.807) is 0 Å². The summed E-state index contributed by atoms with van der Waals surface area (Å²) in [4.78, 5) is 0. The molecule has 2 unspecified atom stereocenters. The zero-order chi connectivity index (χ0) is 10.8. The molecular weight excluding hydrogens is 212 g/mol. The second-order valence-corrected chi connectivity index (χ2v) is 4.50. The first-order valence-corrected chi connectivity index (χ1v) is 5.93. The van der Waals surface area contributed by atoms with E-state index in [1.165, 1.54) is 5.56 Å². The molecule has 1 fully saturated rings. The van der Waals surface area contributed by atoms with E-state index < -0.39 is 0 Å². The number of aromatic nitrogens is 2. The summed E-state index contributed by atoms with van der Waals surface area (Å²) in [6.45, 7) is 2.87. The van der Waals surface area contributed by atoms with Gasteiger partial charge in [0.25, 0.3) is 0 Å². The Morgan fingerprint density at radius 1 is 1.67 bits per heavy atom. The van der Waals surface area contributed by atoms with Crippen LogP contribution in [0.1, 0.15) is 30.2 Å². The van der Waals surface area contributed by atoms with Gasteiger partial charge >= 0.3 is 0 Å². The first-order valence-electron chi connectivity index (χ1n) is 5.40. The maximum Gasteiger partial charge on any atom is 0.0897 e. The molecule has 2 heterocycles. The smallest absolute Gasteiger partial charge is 0.0897 e. The second-order valence-electron chi connectivity index (χ2n) is 4.19. The van der Waals surface area contributed by atoms with Crippen molar-refractivity contribution in [2.45, 2.75) is 25.9 Å². The highest BCUT2D eigenvalue weighted by Gasteiger charge is 2.29. The number of halogens is 1. The van der Waals surface area contributed by atoms with Crippen molar-refractivity contribution in [1.82, 2.24) is 9.78 Å². The fourth-order valence-corrected chi connectivity index (χ4v) is 2.56. The Bertz CT molecular complexity index is 337. The van der Waals surface area contributed by atoms with Crippen molar-refractivity contribution in [3.63, 3.8) is 0 Å². The molecule has 1 aliphatic rings. The minimum Gasteiger partial charge on any atom is -0.373 e. The number of aryl methyl sites for hydroxylation is 2. The van der Waals surface area contributed by atoms with E-state index >= 15 is 0 Å². The maximum atomic E-state index is 5.98. The van der Waals surface area contributed by atoms with E-state index in [9.17, 15) is 0 Å². The van der Waals surface area contributed by atoms with E-state index in [-0.39, 0.29) is 6.10 Å².